The molecule has 17 heavy (non-hydrogen) atoms. The molecule has 2 atom stereocenters. The maximum Gasteiger partial charge on any atom is 0.254 e. The Balaban J connectivity index is 2.04. The Morgan fingerprint density at radius 1 is 1.47 bits per heavy atom. The third-order valence-corrected chi connectivity index (χ3v) is 3.68. The fraction of sp³-hybridized carbons (Fsp3) is 0.500. The van der Waals surface area contributed by atoms with Gasteiger partial charge in [-0.3, -0.25) is 4.79 Å². The molecule has 2 rings (SSSR count). The van der Waals surface area contributed by atoms with Crippen molar-refractivity contribution < 1.29 is 9.90 Å². The van der Waals surface area contributed by atoms with E-state index in [0.717, 1.165) is 25.7 Å². The minimum atomic E-state index is -0.428. The zero-order chi connectivity index (χ0) is 12.3. The first kappa shape index (κ1) is 12.5. The first-order chi connectivity index (χ1) is 8.18. The molecule has 1 heterocycles. The number of carbonyl (C=O) groups excluding carboxylic acids is 1. The summed E-state index contributed by atoms with van der Waals surface area (Å²) in [4.78, 5) is 16.0. The van der Waals surface area contributed by atoms with Gasteiger partial charge in [-0.05, 0) is 40.9 Å². The van der Waals surface area contributed by atoms with Crippen LogP contribution in [0.2, 0.25) is 0 Å². The number of rotatable bonds is 2. The van der Waals surface area contributed by atoms with E-state index in [1.165, 1.54) is 0 Å². The Hall–Kier alpha value is -0.940. The van der Waals surface area contributed by atoms with Gasteiger partial charge in [-0.15, -0.1) is 0 Å². The molecule has 4 nitrogen and oxygen atoms in total. The normalized spacial score (nSPS) is 24.4. The zero-order valence-electron chi connectivity index (χ0n) is 9.40. The number of hydrogen-bond donors (Lipinski definition) is 2. The average molecular weight is 299 g/mol. The maximum absolute atomic E-state index is 12.0. The van der Waals surface area contributed by atoms with Gasteiger partial charge in [-0.1, -0.05) is 12.8 Å². The van der Waals surface area contributed by atoms with E-state index in [0.29, 0.717) is 10.2 Å². The lowest BCUT2D eigenvalue weighted by Crippen LogP contribution is -2.45. The average Bonchev–Trinajstić information content (AvgIpc) is 2.32. The van der Waals surface area contributed by atoms with Gasteiger partial charge in [-0.2, -0.15) is 0 Å². The molecule has 0 bridgehead atoms. The van der Waals surface area contributed by atoms with Crippen LogP contribution < -0.4 is 5.32 Å². The van der Waals surface area contributed by atoms with Gasteiger partial charge in [-0.25, -0.2) is 4.98 Å². The van der Waals surface area contributed by atoms with Crippen molar-refractivity contribution >= 4 is 21.8 Å². The smallest absolute Gasteiger partial charge is 0.254 e. The summed E-state index contributed by atoms with van der Waals surface area (Å²) >= 11 is 3.24. The van der Waals surface area contributed by atoms with Crippen molar-refractivity contribution in [1.29, 1.82) is 0 Å². The van der Waals surface area contributed by atoms with E-state index >= 15 is 0 Å². The van der Waals surface area contributed by atoms with Crippen molar-refractivity contribution in [2.75, 3.05) is 0 Å². The van der Waals surface area contributed by atoms with E-state index < -0.39 is 6.10 Å². The standard InChI is InChI=1S/C12H15BrN2O2/c13-11-8(4-3-7-14-11)12(17)15-9-5-1-2-6-10(9)16/h3-4,7,9-10,16H,1-2,5-6H2,(H,15,17). The topological polar surface area (TPSA) is 62.2 Å². The molecule has 2 unspecified atom stereocenters. The van der Waals surface area contributed by atoms with E-state index in [9.17, 15) is 9.90 Å². The number of pyridine rings is 1. The van der Waals surface area contributed by atoms with Gasteiger partial charge >= 0.3 is 0 Å². The minimum Gasteiger partial charge on any atom is -0.391 e. The Labute approximate surface area is 109 Å². The molecule has 1 aliphatic carbocycles. The van der Waals surface area contributed by atoms with Crippen LogP contribution in [-0.4, -0.2) is 28.1 Å². The molecular formula is C12H15BrN2O2. The molecule has 1 aliphatic rings. The highest BCUT2D eigenvalue weighted by Gasteiger charge is 2.25. The van der Waals surface area contributed by atoms with Crippen LogP contribution in [0.5, 0.6) is 0 Å². The molecule has 92 valence electrons. The SMILES string of the molecule is O=C(NC1CCCCC1O)c1cccnc1Br. The van der Waals surface area contributed by atoms with Crippen molar-refractivity contribution in [2.45, 2.75) is 37.8 Å². The quantitative estimate of drug-likeness (QED) is 0.820. The van der Waals surface area contributed by atoms with E-state index in [-0.39, 0.29) is 11.9 Å². The number of nitrogens with one attached hydrogen (secondary N) is 1. The van der Waals surface area contributed by atoms with Crippen LogP contribution in [0.25, 0.3) is 0 Å². The van der Waals surface area contributed by atoms with Crippen molar-refractivity contribution in [2.24, 2.45) is 0 Å². The summed E-state index contributed by atoms with van der Waals surface area (Å²) in [6, 6.07) is 3.29. The second-order valence-corrected chi connectivity index (χ2v) is 5.02. The number of amides is 1. The summed E-state index contributed by atoms with van der Waals surface area (Å²) in [6.07, 6.45) is 4.88. The van der Waals surface area contributed by atoms with Crippen molar-refractivity contribution in [3.63, 3.8) is 0 Å². The van der Waals surface area contributed by atoms with Crippen LogP contribution in [0.4, 0.5) is 0 Å². The number of halogens is 1. The fourth-order valence-electron chi connectivity index (χ4n) is 2.08. The van der Waals surface area contributed by atoms with Crippen molar-refractivity contribution in [1.82, 2.24) is 10.3 Å². The van der Waals surface area contributed by atoms with E-state index in [4.69, 9.17) is 0 Å². The molecular weight excluding hydrogens is 284 g/mol. The molecule has 0 radical (unpaired) electrons. The maximum atomic E-state index is 12.0. The van der Waals surface area contributed by atoms with Crippen LogP contribution in [0.1, 0.15) is 36.0 Å². The summed E-state index contributed by atoms with van der Waals surface area (Å²) in [5, 5.41) is 12.7. The zero-order valence-corrected chi connectivity index (χ0v) is 11.0. The second kappa shape index (κ2) is 5.60. The summed E-state index contributed by atoms with van der Waals surface area (Å²) in [7, 11) is 0. The first-order valence-corrected chi connectivity index (χ1v) is 6.57. The molecule has 0 aliphatic heterocycles. The Morgan fingerprint density at radius 3 is 2.94 bits per heavy atom. The van der Waals surface area contributed by atoms with Gasteiger partial charge in [0.15, 0.2) is 0 Å². The molecule has 2 N–H and O–H groups in total. The highest BCUT2D eigenvalue weighted by atomic mass is 79.9. The van der Waals surface area contributed by atoms with Crippen molar-refractivity contribution in [3.05, 3.63) is 28.5 Å². The molecule has 0 spiro atoms. The van der Waals surface area contributed by atoms with Crippen molar-refractivity contribution in [3.8, 4) is 0 Å². The lowest BCUT2D eigenvalue weighted by Gasteiger charge is -2.28. The number of aliphatic hydroxyl groups is 1. The van der Waals surface area contributed by atoms with Gasteiger partial charge in [0.25, 0.3) is 5.91 Å². The number of nitrogens with zero attached hydrogens (tertiary/aromatic N) is 1. The molecule has 1 aromatic rings. The van der Waals surface area contributed by atoms with Crippen LogP contribution >= 0.6 is 15.9 Å². The Morgan fingerprint density at radius 2 is 2.24 bits per heavy atom. The Bertz CT molecular complexity index is 411. The van der Waals surface area contributed by atoms with Gasteiger partial charge in [0.05, 0.1) is 17.7 Å². The lowest BCUT2D eigenvalue weighted by atomic mass is 9.92. The fourth-order valence-corrected chi connectivity index (χ4v) is 2.51. The summed E-state index contributed by atoms with van der Waals surface area (Å²) < 4.78 is 0.530. The third kappa shape index (κ3) is 3.04. The highest BCUT2D eigenvalue weighted by molar-refractivity contribution is 9.10. The highest BCUT2D eigenvalue weighted by Crippen LogP contribution is 2.19. The summed E-state index contributed by atoms with van der Waals surface area (Å²) in [6.45, 7) is 0. The number of hydrogen-bond acceptors (Lipinski definition) is 3. The number of carbonyl (C=O) groups is 1. The van der Waals surface area contributed by atoms with Gasteiger partial charge < -0.3 is 10.4 Å². The van der Waals surface area contributed by atoms with Crippen LogP contribution in [0.3, 0.4) is 0 Å². The first-order valence-electron chi connectivity index (χ1n) is 5.78. The van der Waals surface area contributed by atoms with Crippen LogP contribution in [0.15, 0.2) is 22.9 Å². The molecule has 0 aromatic carbocycles. The van der Waals surface area contributed by atoms with E-state index in [2.05, 4.69) is 26.2 Å². The predicted molar refractivity (Wildman–Crippen MR) is 67.7 cm³/mol. The lowest BCUT2D eigenvalue weighted by molar-refractivity contribution is 0.0716. The third-order valence-electron chi connectivity index (χ3n) is 3.05. The van der Waals surface area contributed by atoms with Crippen LogP contribution in [-0.2, 0) is 0 Å². The molecule has 1 fully saturated rings. The number of aromatic nitrogens is 1. The molecule has 1 saturated carbocycles. The Kier molecular flexibility index (Phi) is 4.12. The van der Waals surface area contributed by atoms with E-state index in [1.807, 2.05) is 0 Å². The van der Waals surface area contributed by atoms with Gasteiger partial charge in [0, 0.05) is 6.20 Å². The minimum absolute atomic E-state index is 0.136. The molecule has 0 saturated heterocycles. The number of aliphatic hydroxyl groups excluding tert-OH is 1. The molecule has 1 aromatic heterocycles. The summed E-state index contributed by atoms with van der Waals surface area (Å²) in [5.74, 6) is -0.184. The molecule has 1 amide bonds. The monoisotopic (exact) mass is 298 g/mol. The molecule has 5 heteroatoms. The summed E-state index contributed by atoms with van der Waals surface area (Å²) in [5.41, 5.74) is 0.505. The largest absolute Gasteiger partial charge is 0.391 e. The van der Waals surface area contributed by atoms with Crippen LogP contribution in [0, 0.1) is 0 Å². The predicted octanol–water partition coefficient (Wildman–Crippen LogP) is 1.88. The van der Waals surface area contributed by atoms with E-state index in [1.54, 1.807) is 18.3 Å². The second-order valence-electron chi connectivity index (χ2n) is 4.27. The van der Waals surface area contributed by atoms with Gasteiger partial charge in [0.2, 0.25) is 0 Å². The van der Waals surface area contributed by atoms with Gasteiger partial charge in [0.1, 0.15) is 4.60 Å².